The lowest BCUT2D eigenvalue weighted by Gasteiger charge is -2.41. The van der Waals surface area contributed by atoms with Gasteiger partial charge >= 0.3 is 6.01 Å². The van der Waals surface area contributed by atoms with E-state index in [1.807, 2.05) is 25.1 Å². The second-order valence-corrected chi connectivity index (χ2v) is 11.9. The minimum atomic E-state index is -1.54. The molecule has 41 heavy (non-hydrogen) atoms. The highest BCUT2D eigenvalue weighted by Crippen LogP contribution is 2.37. The molecule has 0 spiro atoms. The van der Waals surface area contributed by atoms with Gasteiger partial charge in [-0.15, -0.1) is 0 Å². The van der Waals surface area contributed by atoms with Crippen LogP contribution in [0.2, 0.25) is 0 Å². The summed E-state index contributed by atoms with van der Waals surface area (Å²) in [5.41, 5.74) is 4.62. The Morgan fingerprint density at radius 2 is 1.93 bits per heavy atom. The summed E-state index contributed by atoms with van der Waals surface area (Å²) in [6.07, 6.45) is 4.88. The third-order valence-electron chi connectivity index (χ3n) is 9.06. The van der Waals surface area contributed by atoms with E-state index in [9.17, 15) is 9.18 Å². The van der Waals surface area contributed by atoms with Crippen molar-refractivity contribution in [2.75, 3.05) is 44.7 Å². The molecule has 0 N–H and O–H groups in total. The Kier molecular flexibility index (Phi) is 7.81. The van der Waals surface area contributed by atoms with Crippen molar-refractivity contribution in [3.63, 3.8) is 0 Å². The molecular formula is C32H39F2N5O2. The van der Waals surface area contributed by atoms with E-state index in [2.05, 4.69) is 22.9 Å². The normalized spacial score (nSPS) is 22.2. The third kappa shape index (κ3) is 5.48. The Morgan fingerprint density at radius 3 is 2.68 bits per heavy atom. The number of anilines is 1. The highest BCUT2D eigenvalue weighted by atomic mass is 19.1. The molecule has 3 heterocycles. The maximum absolute atomic E-state index is 16.0. The lowest BCUT2D eigenvalue weighted by atomic mass is 9.85. The zero-order valence-corrected chi connectivity index (χ0v) is 24.2. The van der Waals surface area contributed by atoms with Crippen LogP contribution in [0.25, 0.3) is 22.0 Å². The number of alkyl halides is 1. The number of hydrogen-bond acceptors (Lipinski definition) is 6. The fourth-order valence-electron chi connectivity index (χ4n) is 6.72. The second kappa shape index (κ2) is 11.5. The van der Waals surface area contributed by atoms with E-state index in [1.165, 1.54) is 18.1 Å². The van der Waals surface area contributed by atoms with Crippen LogP contribution in [0.3, 0.4) is 0 Å². The smallest absolute Gasteiger partial charge is 0.319 e. The number of aromatic nitrogens is 2. The van der Waals surface area contributed by atoms with Gasteiger partial charge in [0.2, 0.25) is 0 Å². The quantitative estimate of drug-likeness (QED) is 0.412. The highest BCUT2D eigenvalue weighted by molar-refractivity contribution is 5.94. The van der Waals surface area contributed by atoms with E-state index in [4.69, 9.17) is 14.7 Å². The Bertz CT molecular complexity index is 1450. The zero-order valence-electron chi connectivity index (χ0n) is 24.2. The van der Waals surface area contributed by atoms with Crippen LogP contribution in [-0.4, -0.2) is 83.8 Å². The average Bonchev–Trinajstić information content (AvgIpc) is 3.39. The van der Waals surface area contributed by atoms with Crippen molar-refractivity contribution in [2.45, 2.75) is 70.6 Å². The zero-order chi connectivity index (χ0) is 28.7. The lowest BCUT2D eigenvalue weighted by molar-refractivity contribution is -0.136. The molecule has 3 aliphatic rings. The van der Waals surface area contributed by atoms with Crippen LogP contribution in [-0.2, 0) is 17.6 Å². The Labute approximate surface area is 240 Å². The van der Waals surface area contributed by atoms with Crippen molar-refractivity contribution < 1.29 is 18.3 Å². The fourth-order valence-corrected chi connectivity index (χ4v) is 6.72. The molecule has 0 bridgehead atoms. The average molecular weight is 564 g/mol. The van der Waals surface area contributed by atoms with Crippen LogP contribution < -0.4 is 9.64 Å². The molecule has 3 atom stereocenters. The number of piperazine rings is 1. The van der Waals surface area contributed by atoms with Crippen LogP contribution >= 0.6 is 0 Å². The SMILES string of the molecule is CC(F)C(=O)N1CCN(c2nc(OC[C@@H]3CCCN3C)nc3cc(-c4cccc5c4CCCC5)c(F)cc23)[C@@H](C)C1. The molecule has 0 saturated carbocycles. The van der Waals surface area contributed by atoms with Crippen LogP contribution in [0.5, 0.6) is 6.01 Å². The number of ether oxygens (including phenoxy) is 1. The standard InChI is InChI=1S/C32H39F2N5O2/c1-20-18-38(31(40)21(2)33)14-15-39(20)30-27-16-28(34)26(25-12-6-9-22-8-4-5-11-24(22)25)17-29(27)35-32(36-30)41-19-23-10-7-13-37(23)3/h6,9,12,16-17,20-21,23H,4-5,7-8,10-11,13-15,18-19H2,1-3H3/t20-,21?,23-/m0/s1. The number of fused-ring (bicyclic) bond motifs is 2. The molecule has 3 aromatic rings. The van der Waals surface area contributed by atoms with Gasteiger partial charge in [0.1, 0.15) is 18.2 Å². The van der Waals surface area contributed by atoms with Crippen molar-refractivity contribution >= 4 is 22.6 Å². The molecular weight excluding hydrogens is 524 g/mol. The van der Waals surface area contributed by atoms with Gasteiger partial charge in [0.05, 0.1) is 5.52 Å². The van der Waals surface area contributed by atoms with Crippen molar-refractivity contribution in [3.8, 4) is 17.1 Å². The molecule has 9 heteroatoms. The molecule has 2 saturated heterocycles. The van der Waals surface area contributed by atoms with Gasteiger partial charge in [0.15, 0.2) is 6.17 Å². The first kappa shape index (κ1) is 27.8. The molecule has 6 rings (SSSR count). The van der Waals surface area contributed by atoms with Crippen LogP contribution in [0, 0.1) is 5.82 Å². The van der Waals surface area contributed by atoms with Crippen molar-refractivity contribution in [1.29, 1.82) is 0 Å². The van der Waals surface area contributed by atoms with Gasteiger partial charge in [-0.2, -0.15) is 9.97 Å². The van der Waals surface area contributed by atoms with Gasteiger partial charge in [-0.25, -0.2) is 8.78 Å². The number of carbonyl (C=O) groups is 1. The van der Waals surface area contributed by atoms with Crippen molar-refractivity contribution in [1.82, 2.24) is 19.8 Å². The molecule has 2 fully saturated rings. The van der Waals surface area contributed by atoms with Gasteiger partial charge in [0.25, 0.3) is 5.91 Å². The number of nitrogens with zero attached hydrogens (tertiary/aromatic N) is 5. The Morgan fingerprint density at radius 1 is 1.10 bits per heavy atom. The van der Waals surface area contributed by atoms with E-state index < -0.39 is 12.1 Å². The Balaban J connectivity index is 1.40. The maximum atomic E-state index is 16.0. The molecule has 2 aromatic carbocycles. The molecule has 0 radical (unpaired) electrons. The van der Waals surface area contributed by atoms with Gasteiger partial charge in [-0.3, -0.25) is 4.79 Å². The summed E-state index contributed by atoms with van der Waals surface area (Å²) in [6, 6.07) is 9.97. The fraction of sp³-hybridized carbons (Fsp3) is 0.531. The first-order valence-corrected chi connectivity index (χ1v) is 14.9. The predicted molar refractivity (Wildman–Crippen MR) is 157 cm³/mol. The number of aryl methyl sites for hydroxylation is 1. The molecule has 7 nitrogen and oxygen atoms in total. The summed E-state index contributed by atoms with van der Waals surface area (Å²) in [5.74, 6) is -0.232. The summed E-state index contributed by atoms with van der Waals surface area (Å²) in [4.78, 5) is 27.9. The number of halogens is 2. The minimum absolute atomic E-state index is 0.151. The summed E-state index contributed by atoms with van der Waals surface area (Å²) in [7, 11) is 2.10. The molecule has 1 aliphatic carbocycles. The number of hydrogen-bond donors (Lipinski definition) is 0. The highest BCUT2D eigenvalue weighted by Gasteiger charge is 2.32. The van der Waals surface area contributed by atoms with E-state index in [0.29, 0.717) is 54.6 Å². The van der Waals surface area contributed by atoms with Crippen LogP contribution in [0.1, 0.15) is 50.7 Å². The summed E-state index contributed by atoms with van der Waals surface area (Å²) in [5, 5.41) is 0.604. The topological polar surface area (TPSA) is 61.8 Å². The lowest BCUT2D eigenvalue weighted by Crippen LogP contribution is -2.55. The van der Waals surface area contributed by atoms with Crippen LogP contribution in [0.4, 0.5) is 14.6 Å². The van der Waals surface area contributed by atoms with E-state index in [1.54, 1.807) is 11.0 Å². The molecule has 2 aliphatic heterocycles. The largest absolute Gasteiger partial charge is 0.462 e. The van der Waals surface area contributed by atoms with E-state index >= 15 is 4.39 Å². The van der Waals surface area contributed by atoms with Gasteiger partial charge in [0, 0.05) is 42.7 Å². The van der Waals surface area contributed by atoms with E-state index in [-0.39, 0.29) is 17.9 Å². The van der Waals surface area contributed by atoms with Crippen molar-refractivity contribution in [3.05, 3.63) is 47.3 Å². The van der Waals surface area contributed by atoms with Gasteiger partial charge < -0.3 is 19.4 Å². The number of rotatable bonds is 6. The van der Waals surface area contributed by atoms with Gasteiger partial charge in [-0.1, -0.05) is 18.2 Å². The monoisotopic (exact) mass is 563 g/mol. The molecule has 1 amide bonds. The molecule has 218 valence electrons. The van der Waals surface area contributed by atoms with Crippen LogP contribution in [0.15, 0.2) is 30.3 Å². The second-order valence-electron chi connectivity index (χ2n) is 11.9. The molecule has 1 aromatic heterocycles. The number of likely N-dealkylation sites (N-methyl/N-ethyl adjacent to an activating group) is 1. The summed E-state index contributed by atoms with van der Waals surface area (Å²) in [6.45, 7) is 5.94. The first-order chi connectivity index (χ1) is 19.8. The summed E-state index contributed by atoms with van der Waals surface area (Å²) < 4.78 is 35.9. The molecule has 1 unspecified atom stereocenters. The Hall–Kier alpha value is -3.33. The maximum Gasteiger partial charge on any atom is 0.319 e. The van der Waals surface area contributed by atoms with Crippen molar-refractivity contribution in [2.24, 2.45) is 0 Å². The van der Waals surface area contributed by atoms with Gasteiger partial charge in [-0.05, 0) is 94.8 Å². The number of benzene rings is 2. The third-order valence-corrected chi connectivity index (χ3v) is 9.06. The predicted octanol–water partition coefficient (Wildman–Crippen LogP) is 5.18. The number of carbonyl (C=O) groups excluding carboxylic acids is 1. The number of amides is 1. The first-order valence-electron chi connectivity index (χ1n) is 14.9. The summed E-state index contributed by atoms with van der Waals surface area (Å²) >= 11 is 0. The van der Waals surface area contributed by atoms with E-state index in [0.717, 1.165) is 50.6 Å². The number of likely N-dealkylation sites (tertiary alicyclic amines) is 1. The minimum Gasteiger partial charge on any atom is -0.462 e.